The van der Waals surface area contributed by atoms with Crippen LogP contribution in [0.4, 0.5) is 10.2 Å². The number of nitrogens with zero attached hydrogens (tertiary/aromatic N) is 4. The van der Waals surface area contributed by atoms with Gasteiger partial charge in [-0.1, -0.05) is 30.3 Å². The molecule has 0 aliphatic carbocycles. The van der Waals surface area contributed by atoms with Crippen LogP contribution < -0.4 is 10.2 Å². The van der Waals surface area contributed by atoms with Gasteiger partial charge < -0.3 is 15.3 Å². The molecule has 31 heavy (non-hydrogen) atoms. The van der Waals surface area contributed by atoms with Crippen LogP contribution in [0.2, 0.25) is 0 Å². The molecule has 0 spiro atoms. The van der Waals surface area contributed by atoms with Crippen molar-refractivity contribution in [1.82, 2.24) is 25.5 Å². The normalized spacial score (nSPS) is 18.8. The first-order valence-electron chi connectivity index (χ1n) is 10.3. The Kier molecular flexibility index (Phi) is 4.88. The molecule has 0 unspecified atom stereocenters. The van der Waals surface area contributed by atoms with Crippen molar-refractivity contribution < 1.29 is 13.8 Å². The minimum Gasteiger partial charge on any atom is -0.384 e. The zero-order valence-electron chi connectivity index (χ0n) is 17.1. The molecule has 0 amide bonds. The number of anilines is 1. The van der Waals surface area contributed by atoms with Crippen LogP contribution in [0.5, 0.6) is 0 Å². The maximum Gasteiger partial charge on any atom is 0.181 e. The maximum absolute atomic E-state index is 14.7. The molecule has 3 N–H and O–H groups in total. The lowest BCUT2D eigenvalue weighted by atomic mass is 9.87. The third-order valence-corrected chi connectivity index (χ3v) is 5.93. The first-order valence-corrected chi connectivity index (χ1v) is 10.3. The monoisotopic (exact) mass is 424 g/mol. The predicted molar refractivity (Wildman–Crippen MR) is 123 cm³/mol. The van der Waals surface area contributed by atoms with E-state index in [1.54, 1.807) is 18.3 Å². The lowest BCUT2D eigenvalue weighted by molar-refractivity contribution is 0.0138. The van der Waals surface area contributed by atoms with Gasteiger partial charge in [0.05, 0.1) is 11.7 Å². The number of rotatable bonds is 4. The molecule has 0 bridgehead atoms. The Labute approximate surface area is 183 Å². The number of aromatic amines is 1. The van der Waals surface area contributed by atoms with Crippen LogP contribution in [0, 0.1) is 5.82 Å². The Morgan fingerprint density at radius 1 is 1.16 bits per heavy atom. The first-order chi connectivity index (χ1) is 15.0. The second-order valence-electron chi connectivity index (χ2n) is 7.94. The highest BCUT2D eigenvalue weighted by molar-refractivity contribution is 5.89. The summed E-state index contributed by atoms with van der Waals surface area (Å²) in [5.41, 5.74) is 1.01. The molecule has 1 aromatic carbocycles. The molecule has 0 radical (unpaired) electrons. The fourth-order valence-electron chi connectivity index (χ4n) is 4.13. The quantitative estimate of drug-likeness (QED) is 0.464. The first kappa shape index (κ1) is 19.6. The van der Waals surface area contributed by atoms with Gasteiger partial charge in [-0.2, -0.15) is 5.10 Å². The number of hydrogen-bond acceptors (Lipinski definition) is 6. The second-order valence-corrected chi connectivity index (χ2v) is 7.94. The number of halogens is 1. The van der Waals surface area contributed by atoms with Gasteiger partial charge in [-0.25, -0.2) is 14.4 Å². The molecule has 1 saturated heterocycles. The summed E-state index contributed by atoms with van der Waals surface area (Å²) in [5.74, 6) is 0.222. The van der Waals surface area contributed by atoms with E-state index in [1.165, 1.54) is 6.07 Å². The van der Waals surface area contributed by atoms with Crippen molar-refractivity contribution in [2.45, 2.75) is 18.6 Å². The van der Waals surface area contributed by atoms with E-state index in [0.717, 1.165) is 10.9 Å². The summed E-state index contributed by atoms with van der Waals surface area (Å²) in [5, 5.41) is 22.4. The largest absolute Gasteiger partial charge is 0.384 e. The van der Waals surface area contributed by atoms with Crippen LogP contribution >= 0.6 is 0 Å². The molecule has 7 nitrogen and oxygen atoms in total. The Balaban J connectivity index is 0.00000136. The molecule has 2 atom stereocenters. The van der Waals surface area contributed by atoms with Crippen LogP contribution in [-0.2, 0) is 5.60 Å². The lowest BCUT2D eigenvalue weighted by Crippen LogP contribution is -2.59. The van der Waals surface area contributed by atoms with Crippen molar-refractivity contribution >= 4 is 16.9 Å². The molecule has 8 heteroatoms. The Morgan fingerprint density at radius 3 is 2.84 bits per heavy atom. The molecule has 1 aliphatic heterocycles. The van der Waals surface area contributed by atoms with Crippen LogP contribution in [0.3, 0.4) is 0 Å². The molecule has 4 aromatic rings. The molecule has 164 valence electrons. The lowest BCUT2D eigenvalue weighted by Gasteiger charge is -2.42. The van der Waals surface area contributed by atoms with Gasteiger partial charge in [0.2, 0.25) is 0 Å². The Bertz CT molecular complexity index is 1220. The smallest absolute Gasteiger partial charge is 0.181 e. The Hall–Kier alpha value is -3.36. The number of hydrogen-bond donors (Lipinski definition) is 3. The van der Waals surface area contributed by atoms with Crippen molar-refractivity contribution in [3.05, 3.63) is 72.2 Å². The van der Waals surface area contributed by atoms with E-state index in [9.17, 15) is 9.50 Å². The van der Waals surface area contributed by atoms with Gasteiger partial charge in [0, 0.05) is 35.5 Å². The van der Waals surface area contributed by atoms with E-state index < -0.39 is 11.4 Å². The van der Waals surface area contributed by atoms with E-state index in [-0.39, 0.29) is 16.0 Å². The summed E-state index contributed by atoms with van der Waals surface area (Å²) < 4.78 is 14.7. The van der Waals surface area contributed by atoms with E-state index in [2.05, 4.69) is 30.4 Å². The van der Waals surface area contributed by atoms with Gasteiger partial charge in [0.1, 0.15) is 17.1 Å². The third kappa shape index (κ3) is 3.54. The summed E-state index contributed by atoms with van der Waals surface area (Å²) in [7, 11) is 0. The van der Waals surface area contributed by atoms with Crippen LogP contribution in [0.25, 0.3) is 22.4 Å². The maximum atomic E-state index is 14.7. The summed E-state index contributed by atoms with van der Waals surface area (Å²) in [6.45, 7) is 3.73. The fraction of sp³-hybridized carbons (Fsp3) is 0.261. The number of piperazine rings is 1. The Morgan fingerprint density at radius 2 is 2.00 bits per heavy atom. The molecular weight excluding hydrogens is 395 g/mol. The summed E-state index contributed by atoms with van der Waals surface area (Å²) >= 11 is 0. The molecule has 3 aromatic heterocycles. The minimum absolute atomic E-state index is 0. The average Bonchev–Trinajstić information content (AvgIpc) is 3.24. The highest BCUT2D eigenvalue weighted by Crippen LogP contribution is 2.30. The van der Waals surface area contributed by atoms with Crippen molar-refractivity contribution in [2.24, 2.45) is 0 Å². The predicted octanol–water partition coefficient (Wildman–Crippen LogP) is 3.58. The molecule has 0 saturated carbocycles. The van der Waals surface area contributed by atoms with Gasteiger partial charge >= 0.3 is 0 Å². The number of fused-ring (bicyclic) bond motifs is 1. The number of benzene rings is 1. The highest BCUT2D eigenvalue weighted by atomic mass is 19.1. The van der Waals surface area contributed by atoms with E-state index in [1.807, 2.05) is 43.3 Å². The third-order valence-electron chi connectivity index (χ3n) is 5.93. The van der Waals surface area contributed by atoms with Crippen LogP contribution in [-0.4, -0.2) is 50.9 Å². The summed E-state index contributed by atoms with van der Waals surface area (Å²) in [6, 6.07) is 16.1. The second kappa shape index (κ2) is 7.72. The topological polar surface area (TPSA) is 90.0 Å². The van der Waals surface area contributed by atoms with E-state index >= 15 is 0 Å². The zero-order valence-corrected chi connectivity index (χ0v) is 17.1. The number of nitrogens with one attached hydrogen (secondary N) is 2. The average molecular weight is 425 g/mol. The number of H-pyrrole nitrogens is 1. The van der Waals surface area contributed by atoms with Gasteiger partial charge in [-0.3, -0.25) is 5.10 Å². The van der Waals surface area contributed by atoms with Gasteiger partial charge in [-0.15, -0.1) is 0 Å². The van der Waals surface area contributed by atoms with E-state index in [0.29, 0.717) is 36.8 Å². The highest BCUT2D eigenvalue weighted by Gasteiger charge is 2.37. The van der Waals surface area contributed by atoms with Crippen molar-refractivity contribution in [3.8, 4) is 11.4 Å². The molecule has 1 aliphatic rings. The summed E-state index contributed by atoms with van der Waals surface area (Å²) in [4.78, 5) is 10.9. The molecule has 4 heterocycles. The zero-order chi connectivity index (χ0) is 21.4. The number of aliphatic hydroxyl groups is 1. The molecular formula is C23H29FN6O. The number of pyridine rings is 2. The summed E-state index contributed by atoms with van der Waals surface area (Å²) in [6.07, 6.45) is 1.65. The minimum atomic E-state index is -1.06. The van der Waals surface area contributed by atoms with Gasteiger partial charge in [0.25, 0.3) is 0 Å². The van der Waals surface area contributed by atoms with Gasteiger partial charge in [0.15, 0.2) is 11.5 Å². The van der Waals surface area contributed by atoms with Crippen LogP contribution in [0.15, 0.2) is 60.8 Å². The van der Waals surface area contributed by atoms with Crippen molar-refractivity contribution in [1.29, 1.82) is 0 Å². The molecule has 5 rings (SSSR count). The molecule has 1 fully saturated rings. The van der Waals surface area contributed by atoms with Gasteiger partial charge in [-0.05, 0) is 36.8 Å². The van der Waals surface area contributed by atoms with Crippen molar-refractivity contribution in [3.63, 3.8) is 0 Å². The van der Waals surface area contributed by atoms with Crippen LogP contribution in [0.1, 0.15) is 16.8 Å². The van der Waals surface area contributed by atoms with Crippen molar-refractivity contribution in [2.75, 3.05) is 24.5 Å². The number of aromatic nitrogens is 4. The fourth-order valence-corrected chi connectivity index (χ4v) is 4.13. The SMILES string of the molecule is C[C@](O)(c1ccccc1)[C@@H]1CN(c2ccc(F)c(-c3[nH]nc4ncccc34)n2)CCN1.[HH].[HH].[HH]. The standard InChI is InChI=1S/C23H23FN6O.3H2/c1-23(31,15-6-3-2-4-7-15)18-14-30(13-12-25-18)19-10-9-17(24)21(27-19)20-16-8-5-11-26-22(16)29-28-20;;;/h2-11,18,25,31H,12-14H2,1H3,(H,26,28,29);3*1H/t18-,23-;;;/m0.../s1. The van der Waals surface area contributed by atoms with E-state index in [4.69, 9.17) is 0 Å².